The van der Waals surface area contributed by atoms with Crippen LogP contribution in [0.1, 0.15) is 30.6 Å². The fraction of sp³-hybridized carbons (Fsp3) is 0.571. The summed E-state index contributed by atoms with van der Waals surface area (Å²) < 4.78 is 5.44. The van der Waals surface area contributed by atoms with Crippen LogP contribution in [0.25, 0.3) is 0 Å². The lowest BCUT2D eigenvalue weighted by Crippen LogP contribution is -2.48. The largest absolute Gasteiger partial charge is 0.385 e. The summed E-state index contributed by atoms with van der Waals surface area (Å²) in [6.45, 7) is 6.76. The summed E-state index contributed by atoms with van der Waals surface area (Å²) in [4.78, 5) is 18.6. The van der Waals surface area contributed by atoms with E-state index in [1.807, 2.05) is 17.9 Å². The van der Waals surface area contributed by atoms with Gasteiger partial charge in [0.1, 0.15) is 0 Å². The first kappa shape index (κ1) is 13.8. The summed E-state index contributed by atoms with van der Waals surface area (Å²) in [5.41, 5.74) is 1.49. The van der Waals surface area contributed by atoms with E-state index >= 15 is 0 Å². The number of hydrogen-bond donors (Lipinski definition) is 1. The topological polar surface area (TPSA) is 54.5 Å². The molecule has 5 nitrogen and oxygen atoms in total. The average Bonchev–Trinajstić information content (AvgIpc) is 2.47. The maximum atomic E-state index is 12.7. The Bertz CT molecular complexity index is 436. The Balaban J connectivity index is 2.22. The van der Waals surface area contributed by atoms with Crippen molar-refractivity contribution >= 4 is 11.6 Å². The van der Waals surface area contributed by atoms with Gasteiger partial charge in [0.25, 0.3) is 5.91 Å². The number of morpholine rings is 1. The van der Waals surface area contributed by atoms with Gasteiger partial charge >= 0.3 is 0 Å². The lowest BCUT2D eigenvalue weighted by molar-refractivity contribution is -0.00276. The van der Waals surface area contributed by atoms with Crippen LogP contribution in [0.5, 0.6) is 0 Å². The van der Waals surface area contributed by atoms with E-state index in [4.69, 9.17) is 4.74 Å². The summed E-state index contributed by atoms with van der Waals surface area (Å²) in [5.74, 6) is 0.0409. The van der Waals surface area contributed by atoms with E-state index in [9.17, 15) is 4.79 Å². The van der Waals surface area contributed by atoms with Gasteiger partial charge in [-0.15, -0.1) is 0 Å². The third-order valence-electron chi connectivity index (χ3n) is 3.38. The maximum Gasteiger partial charge on any atom is 0.257 e. The molecule has 1 N–H and O–H groups in total. The summed E-state index contributed by atoms with van der Waals surface area (Å²) in [6.07, 6.45) is 4.25. The predicted molar refractivity (Wildman–Crippen MR) is 74.3 cm³/mol. The highest BCUT2D eigenvalue weighted by Crippen LogP contribution is 2.19. The van der Waals surface area contributed by atoms with Crippen LogP contribution in [-0.2, 0) is 4.74 Å². The van der Waals surface area contributed by atoms with Gasteiger partial charge in [0.05, 0.1) is 30.5 Å². The number of anilines is 1. The molecular formula is C14H21N3O2. The molecule has 1 fully saturated rings. The molecular weight excluding hydrogens is 242 g/mol. The van der Waals surface area contributed by atoms with Gasteiger partial charge in [0, 0.05) is 25.5 Å². The molecule has 1 aromatic rings. The van der Waals surface area contributed by atoms with Crippen LogP contribution in [0.2, 0.25) is 0 Å². The van der Waals surface area contributed by atoms with Gasteiger partial charge < -0.3 is 15.0 Å². The van der Waals surface area contributed by atoms with Crippen molar-refractivity contribution in [1.82, 2.24) is 9.88 Å². The second-order valence-electron chi connectivity index (χ2n) is 4.59. The highest BCUT2D eigenvalue weighted by molar-refractivity contribution is 5.99. The van der Waals surface area contributed by atoms with Gasteiger partial charge in [0.2, 0.25) is 0 Å². The Morgan fingerprint density at radius 3 is 3.16 bits per heavy atom. The summed E-state index contributed by atoms with van der Waals surface area (Å²) in [6, 6.07) is 2.01. The molecule has 1 amide bonds. The van der Waals surface area contributed by atoms with Gasteiger partial charge in [-0.1, -0.05) is 6.92 Å². The number of nitrogens with zero attached hydrogens (tertiary/aromatic N) is 2. The van der Waals surface area contributed by atoms with Crippen molar-refractivity contribution in [3.8, 4) is 0 Å². The van der Waals surface area contributed by atoms with Crippen LogP contribution in [0.15, 0.2) is 18.5 Å². The summed E-state index contributed by atoms with van der Waals surface area (Å²) >= 11 is 0. The predicted octanol–water partition coefficient (Wildman–Crippen LogP) is 1.76. The molecule has 1 saturated heterocycles. The quantitative estimate of drug-likeness (QED) is 0.899. The number of carbonyl (C=O) groups excluding carboxylic acids is 1. The van der Waals surface area contributed by atoms with E-state index in [1.165, 1.54) is 0 Å². The molecule has 104 valence electrons. The molecule has 0 aromatic carbocycles. The van der Waals surface area contributed by atoms with Crippen LogP contribution >= 0.6 is 0 Å². The molecule has 2 heterocycles. The van der Waals surface area contributed by atoms with Gasteiger partial charge in [-0.25, -0.2) is 0 Å². The summed E-state index contributed by atoms with van der Waals surface area (Å²) in [5, 5.41) is 3.21. The molecule has 5 heteroatoms. The molecule has 2 rings (SSSR count). The summed E-state index contributed by atoms with van der Waals surface area (Å²) in [7, 11) is 0. The monoisotopic (exact) mass is 263 g/mol. The Kier molecular flexibility index (Phi) is 4.74. The molecule has 0 aliphatic carbocycles. The van der Waals surface area contributed by atoms with Gasteiger partial charge in [-0.2, -0.15) is 0 Å². The number of aromatic nitrogens is 1. The molecule has 1 aromatic heterocycles. The van der Waals surface area contributed by atoms with Crippen molar-refractivity contribution in [2.24, 2.45) is 0 Å². The van der Waals surface area contributed by atoms with Crippen molar-refractivity contribution in [3.63, 3.8) is 0 Å². The molecule has 1 aliphatic heterocycles. The first-order valence-electron chi connectivity index (χ1n) is 6.84. The molecule has 0 saturated carbocycles. The molecule has 1 atom stereocenters. The van der Waals surface area contributed by atoms with Crippen molar-refractivity contribution in [2.75, 3.05) is 31.6 Å². The molecule has 0 radical (unpaired) electrons. The number of ether oxygens (including phenoxy) is 1. The van der Waals surface area contributed by atoms with Crippen molar-refractivity contribution in [1.29, 1.82) is 0 Å². The number of amides is 1. The van der Waals surface area contributed by atoms with Crippen LogP contribution in [0.4, 0.5) is 5.69 Å². The fourth-order valence-electron chi connectivity index (χ4n) is 2.32. The Hall–Kier alpha value is -1.62. The second-order valence-corrected chi connectivity index (χ2v) is 4.59. The van der Waals surface area contributed by atoms with E-state index in [1.54, 1.807) is 12.4 Å². The van der Waals surface area contributed by atoms with Crippen molar-refractivity contribution in [2.45, 2.75) is 26.3 Å². The zero-order valence-electron chi connectivity index (χ0n) is 11.6. The average molecular weight is 263 g/mol. The van der Waals surface area contributed by atoms with Crippen LogP contribution in [0, 0.1) is 0 Å². The minimum Gasteiger partial charge on any atom is -0.385 e. The molecule has 0 spiro atoms. The van der Waals surface area contributed by atoms with E-state index in [0.717, 1.165) is 18.7 Å². The Labute approximate surface area is 114 Å². The fourth-order valence-corrected chi connectivity index (χ4v) is 2.32. The van der Waals surface area contributed by atoms with E-state index in [0.29, 0.717) is 25.3 Å². The third kappa shape index (κ3) is 3.04. The van der Waals surface area contributed by atoms with Crippen molar-refractivity contribution in [3.05, 3.63) is 24.0 Å². The highest BCUT2D eigenvalue weighted by atomic mass is 16.5. The zero-order chi connectivity index (χ0) is 13.7. The van der Waals surface area contributed by atoms with E-state index in [2.05, 4.69) is 17.2 Å². The maximum absolute atomic E-state index is 12.7. The minimum absolute atomic E-state index is 0.0409. The molecule has 19 heavy (non-hydrogen) atoms. The van der Waals surface area contributed by atoms with Crippen LogP contribution in [-0.4, -0.2) is 48.1 Å². The van der Waals surface area contributed by atoms with Crippen molar-refractivity contribution < 1.29 is 9.53 Å². The van der Waals surface area contributed by atoms with Crippen LogP contribution in [0.3, 0.4) is 0 Å². The Morgan fingerprint density at radius 1 is 1.58 bits per heavy atom. The van der Waals surface area contributed by atoms with Gasteiger partial charge in [-0.05, 0) is 19.4 Å². The third-order valence-corrected chi connectivity index (χ3v) is 3.38. The van der Waals surface area contributed by atoms with E-state index < -0.39 is 0 Å². The molecule has 0 bridgehead atoms. The highest BCUT2D eigenvalue weighted by Gasteiger charge is 2.28. The number of nitrogens with one attached hydrogen (secondary N) is 1. The number of hydrogen-bond acceptors (Lipinski definition) is 4. The minimum atomic E-state index is 0.0409. The number of rotatable bonds is 4. The first-order valence-corrected chi connectivity index (χ1v) is 6.84. The van der Waals surface area contributed by atoms with E-state index in [-0.39, 0.29) is 11.9 Å². The zero-order valence-corrected chi connectivity index (χ0v) is 11.6. The number of carbonyl (C=O) groups is 1. The smallest absolute Gasteiger partial charge is 0.257 e. The van der Waals surface area contributed by atoms with Gasteiger partial charge in [0.15, 0.2) is 0 Å². The Morgan fingerprint density at radius 2 is 2.42 bits per heavy atom. The van der Waals surface area contributed by atoms with Gasteiger partial charge in [-0.3, -0.25) is 9.78 Å². The second kappa shape index (κ2) is 6.52. The van der Waals surface area contributed by atoms with Crippen LogP contribution < -0.4 is 5.32 Å². The lowest BCUT2D eigenvalue weighted by atomic mass is 10.1. The lowest BCUT2D eigenvalue weighted by Gasteiger charge is -2.35. The standard InChI is InChI=1S/C14H21N3O2/c1-3-11-10-19-8-7-17(11)14(18)12-9-15-6-5-13(12)16-4-2/h5-6,9,11H,3-4,7-8,10H2,1-2H3,(H,15,16). The normalized spacial score (nSPS) is 19.3. The SMILES string of the molecule is CCNc1ccncc1C(=O)N1CCOCC1CC. The molecule has 1 aliphatic rings. The molecule has 1 unspecified atom stereocenters. The first-order chi connectivity index (χ1) is 9.27. The number of pyridine rings is 1.